The van der Waals surface area contributed by atoms with Crippen LogP contribution in [0.2, 0.25) is 0 Å². The second kappa shape index (κ2) is 8.14. The summed E-state index contributed by atoms with van der Waals surface area (Å²) in [6.45, 7) is 3.24. The van der Waals surface area contributed by atoms with Crippen LogP contribution in [-0.4, -0.2) is 30.9 Å². The first-order chi connectivity index (χ1) is 13.3. The van der Waals surface area contributed by atoms with Gasteiger partial charge >= 0.3 is 0 Å². The van der Waals surface area contributed by atoms with Crippen LogP contribution < -0.4 is 4.72 Å². The van der Waals surface area contributed by atoms with E-state index in [0.717, 1.165) is 0 Å². The predicted molar refractivity (Wildman–Crippen MR) is 105 cm³/mol. The van der Waals surface area contributed by atoms with Crippen LogP contribution in [0.4, 0.5) is 5.69 Å². The van der Waals surface area contributed by atoms with Crippen molar-refractivity contribution < 1.29 is 22.8 Å². The molecule has 0 aliphatic heterocycles. The highest BCUT2D eigenvalue weighted by Gasteiger charge is 2.24. The standard InChI is InChI=1S/C20H22N2O5S/c1-20(2,23)14-26-13-17-19(18(21-27-17)15-9-5-3-6-10-15)22-28(24,25)16-11-7-4-8-12-16/h3-12,22-23H,13-14H2,1-2H3. The van der Waals surface area contributed by atoms with E-state index in [-0.39, 0.29) is 29.6 Å². The molecule has 3 rings (SSSR count). The maximum absolute atomic E-state index is 12.8. The van der Waals surface area contributed by atoms with E-state index in [9.17, 15) is 13.5 Å². The molecule has 3 aromatic rings. The second-order valence-corrected chi connectivity index (χ2v) is 8.60. The minimum absolute atomic E-state index is 0.0452. The van der Waals surface area contributed by atoms with Crippen LogP contribution in [-0.2, 0) is 21.4 Å². The number of anilines is 1. The third-order valence-electron chi connectivity index (χ3n) is 3.79. The molecule has 1 heterocycles. The van der Waals surface area contributed by atoms with Gasteiger partial charge in [0.2, 0.25) is 0 Å². The van der Waals surface area contributed by atoms with Crippen LogP contribution in [0.1, 0.15) is 19.6 Å². The van der Waals surface area contributed by atoms with Gasteiger partial charge in [-0.25, -0.2) is 8.42 Å². The van der Waals surface area contributed by atoms with Crippen LogP contribution in [0.5, 0.6) is 0 Å². The summed E-state index contributed by atoms with van der Waals surface area (Å²) in [5.41, 5.74) is 0.255. The van der Waals surface area contributed by atoms with Gasteiger partial charge < -0.3 is 14.4 Å². The van der Waals surface area contributed by atoms with E-state index >= 15 is 0 Å². The number of aliphatic hydroxyl groups is 1. The molecule has 0 amide bonds. The monoisotopic (exact) mass is 402 g/mol. The van der Waals surface area contributed by atoms with E-state index in [0.29, 0.717) is 11.3 Å². The summed E-state index contributed by atoms with van der Waals surface area (Å²) in [4.78, 5) is 0.124. The number of sulfonamides is 1. The molecule has 7 nitrogen and oxygen atoms in total. The fourth-order valence-electron chi connectivity index (χ4n) is 2.51. The molecule has 0 spiro atoms. The van der Waals surface area contributed by atoms with Gasteiger partial charge in [0, 0.05) is 5.56 Å². The number of aromatic nitrogens is 1. The highest BCUT2D eigenvalue weighted by Crippen LogP contribution is 2.32. The summed E-state index contributed by atoms with van der Waals surface area (Å²) < 4.78 is 39.0. The van der Waals surface area contributed by atoms with Crippen molar-refractivity contribution in [1.29, 1.82) is 0 Å². The molecule has 0 unspecified atom stereocenters. The summed E-state index contributed by atoms with van der Waals surface area (Å²) in [6, 6.07) is 17.1. The Kier molecular flexibility index (Phi) is 5.83. The van der Waals surface area contributed by atoms with Gasteiger partial charge in [0.1, 0.15) is 18.0 Å². The molecule has 0 radical (unpaired) electrons. The minimum Gasteiger partial charge on any atom is -0.388 e. The Balaban J connectivity index is 1.95. The molecule has 0 atom stereocenters. The lowest BCUT2D eigenvalue weighted by Gasteiger charge is -2.16. The molecule has 148 valence electrons. The number of hydrogen-bond donors (Lipinski definition) is 2. The smallest absolute Gasteiger partial charge is 0.262 e. The maximum atomic E-state index is 12.8. The molecule has 0 fully saturated rings. The summed E-state index contributed by atoms with van der Waals surface area (Å²) in [7, 11) is -3.84. The Bertz CT molecular complexity index is 1010. The van der Waals surface area contributed by atoms with Crippen molar-refractivity contribution in [2.24, 2.45) is 0 Å². The van der Waals surface area contributed by atoms with Crippen LogP contribution in [0.25, 0.3) is 11.3 Å². The van der Waals surface area contributed by atoms with Crippen LogP contribution in [0.3, 0.4) is 0 Å². The molecule has 0 bridgehead atoms. The first-order valence-corrected chi connectivity index (χ1v) is 10.2. The minimum atomic E-state index is -3.84. The van der Waals surface area contributed by atoms with Gasteiger partial charge in [0.15, 0.2) is 5.76 Å². The zero-order chi connectivity index (χ0) is 20.2. The lowest BCUT2D eigenvalue weighted by Crippen LogP contribution is -2.26. The quantitative estimate of drug-likeness (QED) is 0.599. The molecule has 0 saturated heterocycles. The first-order valence-electron chi connectivity index (χ1n) is 8.68. The largest absolute Gasteiger partial charge is 0.388 e. The van der Waals surface area contributed by atoms with Crippen molar-refractivity contribution in [2.75, 3.05) is 11.3 Å². The normalized spacial score (nSPS) is 12.1. The fourth-order valence-corrected chi connectivity index (χ4v) is 3.62. The summed E-state index contributed by atoms with van der Waals surface area (Å²) in [5, 5.41) is 13.8. The SMILES string of the molecule is CC(C)(O)COCc1onc(-c2ccccc2)c1NS(=O)(=O)c1ccccc1. The average molecular weight is 402 g/mol. The van der Waals surface area contributed by atoms with E-state index in [1.807, 2.05) is 18.2 Å². The van der Waals surface area contributed by atoms with E-state index in [2.05, 4.69) is 9.88 Å². The highest BCUT2D eigenvalue weighted by atomic mass is 32.2. The maximum Gasteiger partial charge on any atom is 0.262 e. The van der Waals surface area contributed by atoms with E-state index in [1.54, 1.807) is 44.2 Å². The predicted octanol–water partition coefficient (Wildman–Crippen LogP) is 3.43. The summed E-state index contributed by atoms with van der Waals surface area (Å²) in [6.07, 6.45) is 0. The number of benzene rings is 2. The lowest BCUT2D eigenvalue weighted by molar-refractivity contribution is -0.0314. The fraction of sp³-hybridized carbons (Fsp3) is 0.250. The number of nitrogens with zero attached hydrogens (tertiary/aromatic N) is 1. The summed E-state index contributed by atoms with van der Waals surface area (Å²) >= 11 is 0. The number of hydrogen-bond acceptors (Lipinski definition) is 6. The molecule has 2 aromatic carbocycles. The first kappa shape index (κ1) is 20.1. The van der Waals surface area contributed by atoms with E-state index in [1.165, 1.54) is 12.1 Å². The third-order valence-corrected chi connectivity index (χ3v) is 5.15. The van der Waals surface area contributed by atoms with Crippen molar-refractivity contribution in [3.8, 4) is 11.3 Å². The Labute approximate surface area is 164 Å². The molecule has 28 heavy (non-hydrogen) atoms. The van der Waals surface area contributed by atoms with Crippen LogP contribution in [0.15, 0.2) is 70.1 Å². The van der Waals surface area contributed by atoms with Gasteiger partial charge in [-0.2, -0.15) is 0 Å². The van der Waals surface area contributed by atoms with Gasteiger partial charge in [0.25, 0.3) is 10.0 Å². The molecular weight excluding hydrogens is 380 g/mol. The van der Waals surface area contributed by atoms with Gasteiger partial charge in [-0.15, -0.1) is 0 Å². The lowest BCUT2D eigenvalue weighted by atomic mass is 10.1. The number of ether oxygens (including phenoxy) is 1. The topological polar surface area (TPSA) is 102 Å². The molecule has 1 aromatic heterocycles. The number of rotatable bonds is 8. The zero-order valence-corrected chi connectivity index (χ0v) is 16.4. The van der Waals surface area contributed by atoms with Crippen molar-refractivity contribution in [2.45, 2.75) is 31.0 Å². The Morgan fingerprint density at radius 1 is 1.07 bits per heavy atom. The van der Waals surface area contributed by atoms with Crippen LogP contribution >= 0.6 is 0 Å². The summed E-state index contributed by atoms with van der Waals surface area (Å²) in [5.74, 6) is 0.225. The van der Waals surface area contributed by atoms with Crippen molar-refractivity contribution in [1.82, 2.24) is 5.16 Å². The zero-order valence-electron chi connectivity index (χ0n) is 15.6. The van der Waals surface area contributed by atoms with Crippen molar-refractivity contribution >= 4 is 15.7 Å². The molecule has 8 heteroatoms. The van der Waals surface area contributed by atoms with Crippen molar-refractivity contribution in [3.05, 3.63) is 66.4 Å². The molecular formula is C20H22N2O5S. The number of nitrogens with one attached hydrogen (secondary N) is 1. The van der Waals surface area contributed by atoms with Gasteiger partial charge in [-0.3, -0.25) is 4.72 Å². The van der Waals surface area contributed by atoms with Gasteiger partial charge in [-0.05, 0) is 26.0 Å². The van der Waals surface area contributed by atoms with E-state index in [4.69, 9.17) is 9.26 Å². The molecule has 2 N–H and O–H groups in total. The Morgan fingerprint density at radius 2 is 1.68 bits per heavy atom. The van der Waals surface area contributed by atoms with Gasteiger partial charge in [0.05, 0.1) is 17.1 Å². The Hall–Kier alpha value is -2.68. The van der Waals surface area contributed by atoms with E-state index < -0.39 is 15.6 Å². The molecule has 0 aliphatic rings. The second-order valence-electron chi connectivity index (χ2n) is 6.92. The molecule has 0 aliphatic carbocycles. The molecule has 0 saturated carbocycles. The highest BCUT2D eigenvalue weighted by molar-refractivity contribution is 7.92. The third kappa shape index (κ3) is 4.98. The van der Waals surface area contributed by atoms with Crippen molar-refractivity contribution in [3.63, 3.8) is 0 Å². The van der Waals surface area contributed by atoms with Crippen LogP contribution in [0, 0.1) is 0 Å². The Morgan fingerprint density at radius 3 is 2.29 bits per heavy atom. The average Bonchev–Trinajstić information content (AvgIpc) is 3.04. The van der Waals surface area contributed by atoms with Gasteiger partial charge in [-0.1, -0.05) is 53.7 Å².